The number of halogens is 1. The third-order valence-electron chi connectivity index (χ3n) is 5.82. The summed E-state index contributed by atoms with van der Waals surface area (Å²) in [5, 5.41) is 0.509. The number of hydrogen-bond acceptors (Lipinski definition) is 3. The van der Waals surface area contributed by atoms with Crippen molar-refractivity contribution in [2.75, 3.05) is 26.2 Å². The lowest BCUT2D eigenvalue weighted by Crippen LogP contribution is -2.46. The molecule has 4 nitrogen and oxygen atoms in total. The summed E-state index contributed by atoms with van der Waals surface area (Å²) in [6.07, 6.45) is 3.72. The van der Waals surface area contributed by atoms with Crippen LogP contribution in [0.2, 0.25) is 0 Å². The largest absolute Gasteiger partial charge is 0.342 e. The van der Waals surface area contributed by atoms with E-state index in [9.17, 15) is 14.0 Å². The number of hydrogen-bond donors (Lipinski definition) is 0. The van der Waals surface area contributed by atoms with Crippen LogP contribution in [0.3, 0.4) is 0 Å². The van der Waals surface area contributed by atoms with E-state index in [1.54, 1.807) is 12.1 Å². The van der Waals surface area contributed by atoms with Gasteiger partial charge in [-0.2, -0.15) is 0 Å². The molecule has 2 amide bonds. The minimum atomic E-state index is -0.289. The van der Waals surface area contributed by atoms with Crippen LogP contribution >= 0.6 is 11.3 Å². The number of nitrogens with zero attached hydrogens (tertiary/aromatic N) is 2. The number of piperidine rings is 2. The number of likely N-dealkylation sites (tertiary alicyclic amines) is 2. The van der Waals surface area contributed by atoms with Gasteiger partial charge in [-0.15, -0.1) is 11.3 Å². The van der Waals surface area contributed by atoms with Crippen LogP contribution < -0.4 is 0 Å². The number of fused-ring (bicyclic) bond motifs is 1. The lowest BCUT2D eigenvalue weighted by Gasteiger charge is -2.37. The molecule has 3 heterocycles. The molecular weight excluding hydrogens is 363 g/mol. The number of benzene rings is 1. The summed E-state index contributed by atoms with van der Waals surface area (Å²) < 4.78 is 14.7. The smallest absolute Gasteiger partial charge is 0.263 e. The predicted octanol–water partition coefficient (Wildman–Crippen LogP) is 4.15. The van der Waals surface area contributed by atoms with Gasteiger partial charge in [0.25, 0.3) is 5.91 Å². The lowest BCUT2D eigenvalue weighted by atomic mass is 9.92. The summed E-state index contributed by atoms with van der Waals surface area (Å²) in [6.45, 7) is 5.13. The Morgan fingerprint density at radius 1 is 1.11 bits per heavy atom. The van der Waals surface area contributed by atoms with Crippen LogP contribution in [0.15, 0.2) is 24.3 Å². The second kappa shape index (κ2) is 7.58. The first-order valence-electron chi connectivity index (χ1n) is 9.79. The molecular formula is C21H25FN2O2S. The summed E-state index contributed by atoms with van der Waals surface area (Å²) in [4.78, 5) is 30.0. The first kappa shape index (κ1) is 18.4. The molecule has 0 saturated carbocycles. The standard InChI is InChI=1S/C21H25FN2O2S/c1-14-4-3-9-24(13-14)20(25)15-7-10-23(11-8-15)21(26)19-12-16-17(22)5-2-6-18(16)27-19/h2,5-6,12,14-15H,3-4,7-11,13H2,1H3. The van der Waals surface area contributed by atoms with Crippen molar-refractivity contribution < 1.29 is 14.0 Å². The first-order chi connectivity index (χ1) is 13.0. The molecule has 6 heteroatoms. The van der Waals surface area contributed by atoms with Crippen molar-refractivity contribution in [2.45, 2.75) is 32.6 Å². The van der Waals surface area contributed by atoms with Crippen molar-refractivity contribution in [3.8, 4) is 0 Å². The van der Waals surface area contributed by atoms with E-state index in [-0.39, 0.29) is 23.5 Å². The van der Waals surface area contributed by atoms with Gasteiger partial charge in [0.2, 0.25) is 5.91 Å². The summed E-state index contributed by atoms with van der Waals surface area (Å²) in [5.74, 6) is 0.533. The molecule has 2 saturated heterocycles. The molecule has 2 aromatic rings. The zero-order chi connectivity index (χ0) is 19.0. The Labute approximate surface area is 162 Å². The quantitative estimate of drug-likeness (QED) is 0.775. The van der Waals surface area contributed by atoms with Crippen LogP contribution in [-0.2, 0) is 4.79 Å². The van der Waals surface area contributed by atoms with Crippen molar-refractivity contribution in [1.29, 1.82) is 0 Å². The lowest BCUT2D eigenvalue weighted by molar-refractivity contribution is -0.138. The van der Waals surface area contributed by atoms with E-state index in [0.717, 1.165) is 24.2 Å². The highest BCUT2D eigenvalue weighted by Crippen LogP contribution is 2.30. The maximum Gasteiger partial charge on any atom is 0.263 e. The Kier molecular flexibility index (Phi) is 5.17. The molecule has 4 rings (SSSR count). The van der Waals surface area contributed by atoms with Crippen LogP contribution in [0.25, 0.3) is 10.1 Å². The Hall–Kier alpha value is -1.95. The van der Waals surface area contributed by atoms with Crippen LogP contribution in [0.5, 0.6) is 0 Å². The molecule has 2 aliphatic rings. The van der Waals surface area contributed by atoms with Gasteiger partial charge in [0.15, 0.2) is 0 Å². The molecule has 0 spiro atoms. The van der Waals surface area contributed by atoms with E-state index < -0.39 is 0 Å². The van der Waals surface area contributed by atoms with Gasteiger partial charge in [-0.3, -0.25) is 9.59 Å². The minimum Gasteiger partial charge on any atom is -0.342 e. The van der Waals surface area contributed by atoms with Crippen LogP contribution in [0.4, 0.5) is 4.39 Å². The third kappa shape index (κ3) is 3.72. The number of carbonyl (C=O) groups is 2. The van der Waals surface area contributed by atoms with Gasteiger partial charge in [-0.25, -0.2) is 4.39 Å². The van der Waals surface area contributed by atoms with Gasteiger partial charge in [-0.1, -0.05) is 13.0 Å². The Morgan fingerprint density at radius 2 is 1.89 bits per heavy atom. The molecule has 1 aromatic heterocycles. The zero-order valence-electron chi connectivity index (χ0n) is 15.6. The molecule has 0 radical (unpaired) electrons. The van der Waals surface area contributed by atoms with E-state index in [2.05, 4.69) is 6.92 Å². The highest BCUT2D eigenvalue weighted by atomic mass is 32.1. The second-order valence-electron chi connectivity index (χ2n) is 7.86. The first-order valence-corrected chi connectivity index (χ1v) is 10.6. The van der Waals surface area contributed by atoms with E-state index >= 15 is 0 Å². The summed E-state index contributed by atoms with van der Waals surface area (Å²) >= 11 is 1.34. The molecule has 0 bridgehead atoms. The molecule has 2 aliphatic heterocycles. The molecule has 1 aromatic carbocycles. The molecule has 1 atom stereocenters. The van der Waals surface area contributed by atoms with Gasteiger partial charge in [0.05, 0.1) is 4.88 Å². The van der Waals surface area contributed by atoms with Gasteiger partial charge in [0.1, 0.15) is 5.82 Å². The summed E-state index contributed by atoms with van der Waals surface area (Å²) in [5.41, 5.74) is 0. The predicted molar refractivity (Wildman–Crippen MR) is 105 cm³/mol. The summed E-state index contributed by atoms with van der Waals surface area (Å²) in [7, 11) is 0. The van der Waals surface area contributed by atoms with Gasteiger partial charge >= 0.3 is 0 Å². The van der Waals surface area contributed by atoms with E-state index in [0.29, 0.717) is 42.1 Å². The van der Waals surface area contributed by atoms with Gasteiger partial charge in [-0.05, 0) is 49.8 Å². The van der Waals surface area contributed by atoms with Crippen LogP contribution in [0, 0.1) is 17.7 Å². The molecule has 0 N–H and O–H groups in total. The maximum absolute atomic E-state index is 13.9. The Bertz CT molecular complexity index is 857. The van der Waals surface area contributed by atoms with Gasteiger partial charge < -0.3 is 9.80 Å². The minimum absolute atomic E-state index is 0.0270. The number of amides is 2. The van der Waals surface area contributed by atoms with Crippen molar-refractivity contribution in [2.24, 2.45) is 11.8 Å². The van der Waals surface area contributed by atoms with Crippen LogP contribution in [-0.4, -0.2) is 47.8 Å². The average Bonchev–Trinajstić information content (AvgIpc) is 3.13. The fourth-order valence-corrected chi connectivity index (χ4v) is 5.31. The number of carbonyl (C=O) groups excluding carboxylic acids is 2. The molecule has 0 aliphatic carbocycles. The molecule has 27 heavy (non-hydrogen) atoms. The molecule has 2 fully saturated rings. The Balaban J connectivity index is 1.39. The normalized spacial score (nSPS) is 21.6. The number of rotatable bonds is 2. The van der Waals surface area contributed by atoms with Crippen LogP contribution in [0.1, 0.15) is 42.3 Å². The van der Waals surface area contributed by atoms with Crippen molar-refractivity contribution in [3.63, 3.8) is 0 Å². The Morgan fingerprint density at radius 3 is 2.59 bits per heavy atom. The van der Waals surface area contributed by atoms with E-state index in [1.807, 2.05) is 15.9 Å². The fraction of sp³-hybridized carbons (Fsp3) is 0.524. The second-order valence-corrected chi connectivity index (χ2v) is 8.94. The highest BCUT2D eigenvalue weighted by Gasteiger charge is 2.32. The number of thiophene rings is 1. The van der Waals surface area contributed by atoms with Crippen molar-refractivity contribution >= 4 is 33.2 Å². The third-order valence-corrected chi connectivity index (χ3v) is 6.91. The van der Waals surface area contributed by atoms with Crippen molar-refractivity contribution in [1.82, 2.24) is 9.80 Å². The highest BCUT2D eigenvalue weighted by molar-refractivity contribution is 7.20. The molecule has 1 unspecified atom stereocenters. The summed E-state index contributed by atoms with van der Waals surface area (Å²) in [6, 6.07) is 6.58. The fourth-order valence-electron chi connectivity index (χ4n) is 4.26. The van der Waals surface area contributed by atoms with Crippen molar-refractivity contribution in [3.05, 3.63) is 35.0 Å². The molecule has 144 valence electrons. The monoisotopic (exact) mass is 388 g/mol. The maximum atomic E-state index is 13.9. The zero-order valence-corrected chi connectivity index (χ0v) is 16.4. The topological polar surface area (TPSA) is 40.6 Å². The van der Waals surface area contributed by atoms with E-state index in [1.165, 1.54) is 23.8 Å². The van der Waals surface area contributed by atoms with Gasteiger partial charge in [0, 0.05) is 42.2 Å². The van der Waals surface area contributed by atoms with E-state index in [4.69, 9.17) is 0 Å². The average molecular weight is 389 g/mol. The SMILES string of the molecule is CC1CCCN(C(=O)C2CCN(C(=O)c3cc4c(F)cccc4s3)CC2)C1.